The molecule has 2 N–H and O–H groups in total. The fourth-order valence-corrected chi connectivity index (χ4v) is 4.65. The zero-order valence-corrected chi connectivity index (χ0v) is 19.9. The van der Waals surface area contributed by atoms with Crippen molar-refractivity contribution < 1.29 is 23.0 Å². The quantitative estimate of drug-likeness (QED) is 0.453. The molecule has 13 heteroatoms. The molecule has 12 nitrogen and oxygen atoms in total. The number of nitrogens with one attached hydrogen (secondary N) is 1. The summed E-state index contributed by atoms with van der Waals surface area (Å²) in [6.07, 6.45) is 4.62. The smallest absolute Gasteiger partial charge is 0.240 e. The highest BCUT2D eigenvalue weighted by Crippen LogP contribution is 2.35. The lowest BCUT2D eigenvalue weighted by Gasteiger charge is -2.24. The van der Waals surface area contributed by atoms with E-state index in [1.54, 1.807) is 30.7 Å². The predicted octanol–water partition coefficient (Wildman–Crippen LogP) is 1.66. The van der Waals surface area contributed by atoms with Crippen LogP contribution in [0.3, 0.4) is 0 Å². The van der Waals surface area contributed by atoms with E-state index in [2.05, 4.69) is 29.9 Å². The third-order valence-electron chi connectivity index (χ3n) is 5.40. The normalized spacial score (nSPS) is 17.1. The van der Waals surface area contributed by atoms with Crippen LogP contribution in [0.25, 0.3) is 11.4 Å². The molecule has 0 amide bonds. The predicted molar refractivity (Wildman–Crippen MR) is 123 cm³/mol. The number of aliphatic hydroxyl groups is 1. The molecule has 0 saturated carbocycles. The summed E-state index contributed by atoms with van der Waals surface area (Å²) in [6.45, 7) is 5.39. The molecule has 0 saturated heterocycles. The largest absolute Gasteiger partial charge is 0.475 e. The van der Waals surface area contributed by atoms with E-state index in [9.17, 15) is 13.5 Å². The van der Waals surface area contributed by atoms with Gasteiger partial charge in [0.2, 0.25) is 21.9 Å². The Morgan fingerprint density at radius 3 is 2.76 bits per heavy atom. The Morgan fingerprint density at radius 2 is 2.06 bits per heavy atom. The van der Waals surface area contributed by atoms with E-state index < -0.39 is 27.4 Å². The molecule has 3 atom stereocenters. The maximum atomic E-state index is 13.4. The van der Waals surface area contributed by atoms with Crippen molar-refractivity contribution in [2.24, 2.45) is 0 Å². The number of rotatable bonds is 9. The molecule has 1 aliphatic rings. The van der Waals surface area contributed by atoms with Crippen molar-refractivity contribution in [3.8, 4) is 17.3 Å². The molecular weight excluding hydrogens is 462 g/mol. The Hall–Kier alpha value is -3.16. The van der Waals surface area contributed by atoms with Crippen molar-refractivity contribution in [3.05, 3.63) is 42.1 Å². The molecule has 4 rings (SSSR count). The van der Waals surface area contributed by atoms with Gasteiger partial charge in [-0.3, -0.25) is 9.29 Å². The molecule has 3 aromatic rings. The maximum absolute atomic E-state index is 13.4. The molecule has 0 radical (unpaired) electrons. The molecule has 3 aromatic heterocycles. The average Bonchev–Trinajstić information content (AvgIpc) is 3.15. The number of anilines is 1. The lowest BCUT2D eigenvalue weighted by Crippen LogP contribution is -2.34. The maximum Gasteiger partial charge on any atom is 0.240 e. The van der Waals surface area contributed by atoms with Crippen molar-refractivity contribution in [1.82, 2.24) is 29.7 Å². The van der Waals surface area contributed by atoms with Gasteiger partial charge < -0.3 is 14.6 Å². The third-order valence-corrected chi connectivity index (χ3v) is 7.10. The second-order valence-electron chi connectivity index (χ2n) is 7.98. The highest BCUT2D eigenvalue weighted by atomic mass is 32.2. The van der Waals surface area contributed by atoms with Gasteiger partial charge >= 0.3 is 0 Å². The molecule has 0 aromatic carbocycles. The average molecular weight is 490 g/mol. The number of nitrogens with zero attached hydrogens (tertiary/aromatic N) is 6. The summed E-state index contributed by atoms with van der Waals surface area (Å²) in [5.41, 5.74) is 1.39. The van der Waals surface area contributed by atoms with Gasteiger partial charge in [0.1, 0.15) is 18.0 Å². The number of pyridine rings is 1. The summed E-state index contributed by atoms with van der Waals surface area (Å²) in [6, 6.07) is 2.83. The van der Waals surface area contributed by atoms with Crippen LogP contribution in [0.2, 0.25) is 0 Å². The Bertz CT molecular complexity index is 1230. The third kappa shape index (κ3) is 4.72. The molecule has 1 aliphatic heterocycles. The minimum Gasteiger partial charge on any atom is -0.475 e. The van der Waals surface area contributed by atoms with Gasteiger partial charge in [0, 0.05) is 25.2 Å². The van der Waals surface area contributed by atoms with Gasteiger partial charge in [0.25, 0.3) is 0 Å². The van der Waals surface area contributed by atoms with E-state index in [0.29, 0.717) is 30.3 Å². The van der Waals surface area contributed by atoms with Gasteiger partial charge in [-0.1, -0.05) is 6.92 Å². The standard InChI is InChI=1S/C21H27N7O5S/c1-4-8-32-17(18-23-9-13(2)10-24-18)14(3)34(30,31)27-21-26-25-19-16-6-5-7-22-20(16)33-12-15(11-29)28(19)21/h5-7,9-10,14-15,17,29H,4,8,11-12H2,1-3H3,(H,26,27)/t14-,15-,17+/m0/s1. The van der Waals surface area contributed by atoms with Gasteiger partial charge in [0.15, 0.2) is 11.6 Å². The Labute approximate surface area is 197 Å². The van der Waals surface area contributed by atoms with Gasteiger partial charge in [-0.2, -0.15) is 0 Å². The zero-order valence-electron chi connectivity index (χ0n) is 19.1. The fourth-order valence-electron chi connectivity index (χ4n) is 3.55. The van der Waals surface area contributed by atoms with Crippen molar-refractivity contribution in [3.63, 3.8) is 0 Å². The first kappa shape index (κ1) is 24.0. The summed E-state index contributed by atoms with van der Waals surface area (Å²) < 4.78 is 42.4. The molecule has 0 spiro atoms. The zero-order chi connectivity index (χ0) is 24.3. The summed E-state index contributed by atoms with van der Waals surface area (Å²) >= 11 is 0. The Balaban J connectivity index is 1.68. The SMILES string of the molecule is CCCO[C@@H](c1ncc(C)cn1)[C@H](C)S(=O)(=O)Nc1nnc2n1[C@@H](CO)COc1ncccc1-2. The first-order valence-electron chi connectivity index (χ1n) is 10.9. The van der Waals surface area contributed by atoms with Crippen LogP contribution in [-0.4, -0.2) is 68.3 Å². The highest BCUT2D eigenvalue weighted by molar-refractivity contribution is 7.93. The summed E-state index contributed by atoms with van der Waals surface area (Å²) in [5, 5.41) is 17.1. The number of hydrogen-bond donors (Lipinski definition) is 2. The first-order valence-corrected chi connectivity index (χ1v) is 12.5. The van der Waals surface area contributed by atoms with Crippen LogP contribution < -0.4 is 9.46 Å². The van der Waals surface area contributed by atoms with Crippen molar-refractivity contribution >= 4 is 16.0 Å². The molecule has 0 aliphatic carbocycles. The highest BCUT2D eigenvalue weighted by Gasteiger charge is 2.36. The van der Waals surface area contributed by atoms with Crippen LogP contribution in [0.4, 0.5) is 5.95 Å². The molecule has 0 fully saturated rings. The van der Waals surface area contributed by atoms with Crippen LogP contribution >= 0.6 is 0 Å². The molecular formula is C21H27N7O5S. The second-order valence-corrected chi connectivity index (χ2v) is 10.0. The molecule has 34 heavy (non-hydrogen) atoms. The summed E-state index contributed by atoms with van der Waals surface area (Å²) in [7, 11) is -4.04. The Morgan fingerprint density at radius 1 is 1.29 bits per heavy atom. The van der Waals surface area contributed by atoms with E-state index >= 15 is 0 Å². The minimum atomic E-state index is -4.04. The lowest BCUT2D eigenvalue weighted by atomic mass is 10.2. The van der Waals surface area contributed by atoms with Crippen molar-refractivity contribution in [2.45, 2.75) is 44.6 Å². The summed E-state index contributed by atoms with van der Waals surface area (Å²) in [5.74, 6) is 0.906. The summed E-state index contributed by atoms with van der Waals surface area (Å²) in [4.78, 5) is 12.8. The van der Waals surface area contributed by atoms with Crippen LogP contribution in [-0.2, 0) is 14.8 Å². The van der Waals surface area contributed by atoms with E-state index in [1.807, 2.05) is 13.8 Å². The molecule has 182 valence electrons. The number of sulfonamides is 1. The van der Waals surface area contributed by atoms with Crippen LogP contribution in [0.1, 0.15) is 43.8 Å². The van der Waals surface area contributed by atoms with Crippen molar-refractivity contribution in [2.75, 3.05) is 24.5 Å². The molecule has 0 unspecified atom stereocenters. The number of aryl methyl sites for hydroxylation is 1. The van der Waals surface area contributed by atoms with E-state index in [1.165, 1.54) is 11.5 Å². The van der Waals surface area contributed by atoms with Crippen LogP contribution in [0.5, 0.6) is 5.88 Å². The number of ether oxygens (including phenoxy) is 2. The van der Waals surface area contributed by atoms with Gasteiger partial charge in [-0.05, 0) is 38.0 Å². The molecule has 4 heterocycles. The van der Waals surface area contributed by atoms with Gasteiger partial charge in [-0.25, -0.2) is 23.4 Å². The molecule has 0 bridgehead atoms. The van der Waals surface area contributed by atoms with Crippen LogP contribution in [0, 0.1) is 6.92 Å². The van der Waals surface area contributed by atoms with Gasteiger partial charge in [-0.15, -0.1) is 10.2 Å². The van der Waals surface area contributed by atoms with Gasteiger partial charge in [0.05, 0.1) is 18.2 Å². The number of aromatic nitrogens is 6. The van der Waals surface area contributed by atoms with E-state index in [-0.39, 0.29) is 25.0 Å². The fraction of sp³-hybridized carbons (Fsp3) is 0.476. The van der Waals surface area contributed by atoms with E-state index in [4.69, 9.17) is 9.47 Å². The minimum absolute atomic E-state index is 0.0414. The topological polar surface area (TPSA) is 154 Å². The van der Waals surface area contributed by atoms with Crippen LogP contribution in [0.15, 0.2) is 30.7 Å². The van der Waals surface area contributed by atoms with E-state index in [0.717, 1.165) is 5.56 Å². The monoisotopic (exact) mass is 489 g/mol. The lowest BCUT2D eigenvalue weighted by molar-refractivity contribution is 0.0466. The van der Waals surface area contributed by atoms with Crippen molar-refractivity contribution in [1.29, 1.82) is 0 Å². The Kier molecular flexibility index (Phi) is 7.05. The first-order chi connectivity index (χ1) is 16.4. The number of fused-ring (bicyclic) bond motifs is 3. The number of hydrogen-bond acceptors (Lipinski definition) is 10. The second kappa shape index (κ2) is 9.99. The number of aliphatic hydroxyl groups excluding tert-OH is 1.